The molecule has 4 rings (SSSR count). The SMILES string of the molecule is O=C(O)CCn1c2c(c3ccccc31)CC(N(Cl)S(=O)(=O)c1ccccc1)CC2. The lowest BCUT2D eigenvalue weighted by molar-refractivity contribution is -0.137. The lowest BCUT2D eigenvalue weighted by atomic mass is 9.92. The van der Waals surface area contributed by atoms with E-state index in [4.69, 9.17) is 16.9 Å². The van der Waals surface area contributed by atoms with Crippen molar-refractivity contribution >= 4 is 38.7 Å². The molecular weight excluding hydrogens is 412 g/mol. The fourth-order valence-electron chi connectivity index (χ4n) is 4.11. The number of halogens is 1. The van der Waals surface area contributed by atoms with Crippen molar-refractivity contribution in [1.29, 1.82) is 0 Å². The molecule has 8 heteroatoms. The summed E-state index contributed by atoms with van der Waals surface area (Å²) < 4.78 is 28.8. The van der Waals surface area contributed by atoms with Crippen molar-refractivity contribution in [3.8, 4) is 0 Å². The van der Waals surface area contributed by atoms with E-state index in [9.17, 15) is 13.2 Å². The van der Waals surface area contributed by atoms with Crippen LogP contribution in [0.4, 0.5) is 0 Å². The van der Waals surface area contributed by atoms with Crippen molar-refractivity contribution < 1.29 is 18.3 Å². The zero-order chi connectivity index (χ0) is 20.6. The van der Waals surface area contributed by atoms with Crippen molar-refractivity contribution in [2.75, 3.05) is 0 Å². The number of hydrogen-bond donors (Lipinski definition) is 1. The average Bonchev–Trinajstić information content (AvgIpc) is 3.05. The summed E-state index contributed by atoms with van der Waals surface area (Å²) in [5.74, 6) is -0.842. The number of hydrogen-bond acceptors (Lipinski definition) is 3. The zero-order valence-electron chi connectivity index (χ0n) is 15.7. The van der Waals surface area contributed by atoms with E-state index in [0.717, 1.165) is 26.0 Å². The highest BCUT2D eigenvalue weighted by Gasteiger charge is 2.35. The highest BCUT2D eigenvalue weighted by atomic mass is 35.5. The van der Waals surface area contributed by atoms with E-state index in [0.29, 0.717) is 25.8 Å². The lowest BCUT2D eigenvalue weighted by Crippen LogP contribution is -2.37. The Morgan fingerprint density at radius 3 is 2.55 bits per heavy atom. The first-order valence-corrected chi connectivity index (χ1v) is 11.2. The minimum atomic E-state index is -3.79. The number of aliphatic carboxylic acids is 1. The van der Waals surface area contributed by atoms with Gasteiger partial charge in [-0.05, 0) is 54.8 Å². The van der Waals surface area contributed by atoms with Crippen LogP contribution in [0.3, 0.4) is 0 Å². The number of carboxylic acids is 1. The quantitative estimate of drug-likeness (QED) is 0.600. The first-order chi connectivity index (χ1) is 13.9. The zero-order valence-corrected chi connectivity index (χ0v) is 17.2. The summed E-state index contributed by atoms with van der Waals surface area (Å²) in [7, 11) is -3.79. The van der Waals surface area contributed by atoms with Crippen molar-refractivity contribution in [3.63, 3.8) is 0 Å². The Balaban J connectivity index is 1.68. The fraction of sp³-hybridized carbons (Fsp3) is 0.286. The molecule has 1 unspecified atom stereocenters. The van der Waals surface area contributed by atoms with Crippen LogP contribution in [-0.4, -0.2) is 33.9 Å². The van der Waals surface area contributed by atoms with Gasteiger partial charge in [0.25, 0.3) is 10.0 Å². The first kappa shape index (κ1) is 19.9. The number of aromatic nitrogens is 1. The number of aryl methyl sites for hydroxylation is 1. The molecule has 1 aliphatic carbocycles. The minimum absolute atomic E-state index is 0.0402. The van der Waals surface area contributed by atoms with Gasteiger partial charge in [-0.15, -0.1) is 3.82 Å². The third kappa shape index (κ3) is 3.66. The molecule has 0 bridgehead atoms. The third-order valence-corrected chi connectivity index (χ3v) is 7.90. The molecule has 0 amide bonds. The molecule has 0 saturated carbocycles. The van der Waals surface area contributed by atoms with Crippen LogP contribution in [0.15, 0.2) is 59.5 Å². The second kappa shape index (κ2) is 7.82. The Morgan fingerprint density at radius 1 is 1.14 bits per heavy atom. The van der Waals surface area contributed by atoms with Gasteiger partial charge in [-0.25, -0.2) is 8.42 Å². The molecule has 152 valence electrons. The number of carbonyl (C=O) groups is 1. The summed E-state index contributed by atoms with van der Waals surface area (Å²) >= 11 is 6.37. The number of benzene rings is 2. The molecule has 6 nitrogen and oxygen atoms in total. The van der Waals surface area contributed by atoms with E-state index >= 15 is 0 Å². The minimum Gasteiger partial charge on any atom is -0.481 e. The second-order valence-electron chi connectivity index (χ2n) is 7.19. The molecular formula is C21H21ClN2O4S. The summed E-state index contributed by atoms with van der Waals surface area (Å²) in [6.07, 6.45) is 1.75. The monoisotopic (exact) mass is 432 g/mol. The molecule has 1 aliphatic rings. The molecule has 0 saturated heterocycles. The smallest absolute Gasteiger partial charge is 0.305 e. The van der Waals surface area contributed by atoms with Gasteiger partial charge in [0, 0.05) is 29.2 Å². The summed E-state index contributed by atoms with van der Waals surface area (Å²) in [6, 6.07) is 15.7. The van der Waals surface area contributed by atoms with Gasteiger partial charge in [-0.3, -0.25) is 4.79 Å². The maximum atomic E-state index is 12.9. The van der Waals surface area contributed by atoms with Crippen LogP contribution >= 0.6 is 11.8 Å². The Hall–Kier alpha value is -2.35. The Bertz CT molecular complexity index is 1160. The average molecular weight is 433 g/mol. The molecule has 1 aromatic heterocycles. The molecule has 3 aromatic rings. The number of nitrogens with zero attached hydrogens (tertiary/aromatic N) is 2. The van der Waals surface area contributed by atoms with Crippen molar-refractivity contribution in [3.05, 3.63) is 65.9 Å². The summed E-state index contributed by atoms with van der Waals surface area (Å²) in [5.41, 5.74) is 3.11. The number of rotatable bonds is 6. The van der Waals surface area contributed by atoms with Crippen molar-refractivity contribution in [2.45, 2.75) is 43.2 Å². The van der Waals surface area contributed by atoms with Crippen molar-refractivity contribution in [1.82, 2.24) is 8.39 Å². The van der Waals surface area contributed by atoms with Crippen LogP contribution in [0.5, 0.6) is 0 Å². The molecule has 2 aromatic carbocycles. The van der Waals surface area contributed by atoms with Gasteiger partial charge in [0.1, 0.15) is 0 Å². The molecule has 0 aliphatic heterocycles. The first-order valence-electron chi connectivity index (χ1n) is 9.45. The highest BCUT2D eigenvalue weighted by molar-refractivity contribution is 7.90. The van der Waals surface area contributed by atoms with Crippen LogP contribution in [-0.2, 0) is 34.2 Å². The number of sulfonamides is 1. The third-order valence-electron chi connectivity index (χ3n) is 5.46. The van der Waals surface area contributed by atoms with Crippen LogP contribution in [0.2, 0.25) is 0 Å². The van der Waals surface area contributed by atoms with E-state index in [2.05, 4.69) is 4.57 Å². The molecule has 1 N–H and O–H groups in total. The van der Waals surface area contributed by atoms with Gasteiger partial charge in [0.05, 0.1) is 11.3 Å². The van der Waals surface area contributed by atoms with Gasteiger partial charge in [0.15, 0.2) is 0 Å². The van der Waals surface area contributed by atoms with Gasteiger partial charge < -0.3 is 9.67 Å². The Morgan fingerprint density at radius 2 is 1.83 bits per heavy atom. The van der Waals surface area contributed by atoms with E-state index in [-0.39, 0.29) is 17.4 Å². The van der Waals surface area contributed by atoms with Crippen LogP contribution < -0.4 is 0 Å². The van der Waals surface area contributed by atoms with Gasteiger partial charge in [-0.1, -0.05) is 36.4 Å². The molecule has 1 heterocycles. The summed E-state index contributed by atoms with van der Waals surface area (Å²) in [5, 5.41) is 10.1. The molecule has 29 heavy (non-hydrogen) atoms. The number of carboxylic acid groups (broad SMARTS) is 1. The summed E-state index contributed by atoms with van der Waals surface area (Å²) in [6.45, 7) is 0.392. The Kier molecular flexibility index (Phi) is 5.38. The molecule has 0 radical (unpaired) electrons. The predicted molar refractivity (Wildman–Crippen MR) is 111 cm³/mol. The number of fused-ring (bicyclic) bond motifs is 3. The fourth-order valence-corrected chi connectivity index (χ4v) is 5.79. The number of para-hydroxylation sites is 1. The van der Waals surface area contributed by atoms with Crippen molar-refractivity contribution in [2.24, 2.45) is 0 Å². The maximum Gasteiger partial charge on any atom is 0.305 e. The van der Waals surface area contributed by atoms with Gasteiger partial charge in [-0.2, -0.15) is 0 Å². The maximum absolute atomic E-state index is 12.9. The molecule has 1 atom stereocenters. The molecule has 0 spiro atoms. The van der Waals surface area contributed by atoms with E-state index in [1.165, 1.54) is 12.1 Å². The second-order valence-corrected chi connectivity index (χ2v) is 9.57. The standard InChI is InChI=1S/C21H21ClN2O4S/c22-24(29(27,28)16-6-2-1-3-7-16)15-10-11-20-18(14-15)17-8-4-5-9-19(17)23(20)13-12-21(25)26/h1-9,15H,10-14H2,(H,25,26). The lowest BCUT2D eigenvalue weighted by Gasteiger charge is -2.29. The van der Waals surface area contributed by atoms with Crippen LogP contribution in [0.25, 0.3) is 10.9 Å². The van der Waals surface area contributed by atoms with E-state index in [1.54, 1.807) is 18.2 Å². The van der Waals surface area contributed by atoms with E-state index < -0.39 is 16.0 Å². The van der Waals surface area contributed by atoms with Crippen LogP contribution in [0, 0.1) is 0 Å². The Labute approximate surface area is 174 Å². The van der Waals surface area contributed by atoms with E-state index in [1.807, 2.05) is 24.3 Å². The summed E-state index contributed by atoms with van der Waals surface area (Å²) in [4.78, 5) is 11.3. The molecule has 0 fully saturated rings. The largest absolute Gasteiger partial charge is 0.481 e. The predicted octanol–water partition coefficient (Wildman–Crippen LogP) is 3.82. The highest BCUT2D eigenvalue weighted by Crippen LogP contribution is 2.36. The van der Waals surface area contributed by atoms with Crippen LogP contribution in [0.1, 0.15) is 24.1 Å². The normalized spacial score (nSPS) is 16.8. The van der Waals surface area contributed by atoms with Gasteiger partial charge in [0.2, 0.25) is 0 Å². The van der Waals surface area contributed by atoms with Gasteiger partial charge >= 0.3 is 5.97 Å². The topological polar surface area (TPSA) is 79.6 Å².